The number of rotatable bonds is 5. The van der Waals surface area contributed by atoms with Crippen molar-refractivity contribution in [3.63, 3.8) is 0 Å². The maximum atomic E-state index is 12.5. The van der Waals surface area contributed by atoms with Gasteiger partial charge in [0, 0.05) is 30.2 Å². The average Bonchev–Trinajstić information content (AvgIpc) is 2.66. The maximum absolute atomic E-state index is 12.5. The monoisotopic (exact) mass is 412 g/mol. The van der Waals surface area contributed by atoms with Crippen molar-refractivity contribution in [1.29, 1.82) is 0 Å². The first-order chi connectivity index (χ1) is 12.5. The molecule has 26 heavy (non-hydrogen) atoms. The summed E-state index contributed by atoms with van der Waals surface area (Å²) in [5, 5.41) is 4.48. The van der Waals surface area contributed by atoms with E-state index >= 15 is 0 Å². The van der Waals surface area contributed by atoms with Crippen LogP contribution >= 0.6 is 34.8 Å². The van der Waals surface area contributed by atoms with Crippen LogP contribution in [0, 0.1) is 0 Å². The Kier molecular flexibility index (Phi) is 6.79. The molecule has 138 valence electrons. The first kappa shape index (κ1) is 19.5. The van der Waals surface area contributed by atoms with Gasteiger partial charge in [0.15, 0.2) is 0 Å². The van der Waals surface area contributed by atoms with Gasteiger partial charge in [0.1, 0.15) is 0 Å². The highest BCUT2D eigenvalue weighted by Gasteiger charge is 2.23. The lowest BCUT2D eigenvalue weighted by Crippen LogP contribution is -2.43. The maximum Gasteiger partial charge on any atom is 0.251 e. The summed E-state index contributed by atoms with van der Waals surface area (Å²) in [4.78, 5) is 14.8. The molecule has 1 heterocycles. The highest BCUT2D eigenvalue weighted by Crippen LogP contribution is 2.24. The lowest BCUT2D eigenvalue weighted by atomic mass is 10.0. The van der Waals surface area contributed by atoms with Crippen molar-refractivity contribution < 1.29 is 9.53 Å². The quantitative estimate of drug-likeness (QED) is 0.787. The predicted octanol–water partition coefficient (Wildman–Crippen LogP) is 4.45. The minimum Gasteiger partial charge on any atom is -0.379 e. The van der Waals surface area contributed by atoms with Gasteiger partial charge in [0.2, 0.25) is 0 Å². The summed E-state index contributed by atoms with van der Waals surface area (Å²) in [5.74, 6) is -0.184. The fourth-order valence-electron chi connectivity index (χ4n) is 2.96. The Hall–Kier alpha value is -1.30. The van der Waals surface area contributed by atoms with E-state index in [9.17, 15) is 4.79 Å². The fourth-order valence-corrected chi connectivity index (χ4v) is 3.38. The minimum absolute atomic E-state index is 0.0443. The predicted molar refractivity (Wildman–Crippen MR) is 105 cm³/mol. The van der Waals surface area contributed by atoms with Crippen molar-refractivity contribution in [1.82, 2.24) is 10.2 Å². The lowest BCUT2D eigenvalue weighted by Gasteiger charge is -2.35. The van der Waals surface area contributed by atoms with Crippen LogP contribution in [0.25, 0.3) is 0 Å². The van der Waals surface area contributed by atoms with Gasteiger partial charge in [0.25, 0.3) is 5.91 Å². The molecule has 1 unspecified atom stereocenters. The Balaban J connectivity index is 1.73. The molecule has 1 saturated heterocycles. The molecule has 1 atom stereocenters. The third kappa shape index (κ3) is 4.90. The number of halogens is 3. The number of hydrogen-bond acceptors (Lipinski definition) is 3. The van der Waals surface area contributed by atoms with Gasteiger partial charge in [-0.05, 0) is 35.9 Å². The summed E-state index contributed by atoms with van der Waals surface area (Å²) in [5.41, 5.74) is 1.59. The first-order valence-corrected chi connectivity index (χ1v) is 9.48. The van der Waals surface area contributed by atoms with Crippen LogP contribution in [0.3, 0.4) is 0 Å². The average molecular weight is 414 g/mol. The fraction of sp³-hybridized carbons (Fsp3) is 0.316. The standard InChI is InChI=1S/C19H19Cl3N2O2/c20-15-4-1-13(2-5-15)18(24-7-9-26-10-8-24)12-23-19(25)14-3-6-16(21)17(22)11-14/h1-6,11,18H,7-10,12H2,(H,23,25). The largest absolute Gasteiger partial charge is 0.379 e. The van der Waals surface area contributed by atoms with Crippen molar-refractivity contribution >= 4 is 40.7 Å². The van der Waals surface area contributed by atoms with Crippen LogP contribution in [0.1, 0.15) is 22.0 Å². The van der Waals surface area contributed by atoms with Crippen LogP contribution in [-0.4, -0.2) is 43.7 Å². The number of morpholine rings is 1. The molecule has 7 heteroatoms. The second kappa shape index (κ2) is 9.07. The molecule has 1 amide bonds. The molecule has 0 aliphatic carbocycles. The highest BCUT2D eigenvalue weighted by molar-refractivity contribution is 6.42. The summed E-state index contributed by atoms with van der Waals surface area (Å²) >= 11 is 17.9. The Morgan fingerprint density at radius 3 is 2.38 bits per heavy atom. The number of nitrogens with zero attached hydrogens (tertiary/aromatic N) is 1. The van der Waals surface area contributed by atoms with E-state index in [1.165, 1.54) is 0 Å². The summed E-state index contributed by atoms with van der Waals surface area (Å²) in [6.07, 6.45) is 0. The van der Waals surface area contributed by atoms with Crippen molar-refractivity contribution in [3.8, 4) is 0 Å². The van der Waals surface area contributed by atoms with E-state index < -0.39 is 0 Å². The van der Waals surface area contributed by atoms with Crippen LogP contribution in [0.4, 0.5) is 0 Å². The van der Waals surface area contributed by atoms with E-state index in [0.717, 1.165) is 18.7 Å². The van der Waals surface area contributed by atoms with Gasteiger partial charge < -0.3 is 10.1 Å². The molecule has 4 nitrogen and oxygen atoms in total. The molecule has 1 aliphatic heterocycles. The SMILES string of the molecule is O=C(NCC(c1ccc(Cl)cc1)N1CCOCC1)c1ccc(Cl)c(Cl)c1. The van der Waals surface area contributed by atoms with E-state index in [4.69, 9.17) is 39.5 Å². The number of amides is 1. The molecular weight excluding hydrogens is 395 g/mol. The molecule has 0 saturated carbocycles. The topological polar surface area (TPSA) is 41.6 Å². The van der Waals surface area contributed by atoms with Crippen LogP contribution in [-0.2, 0) is 4.74 Å². The van der Waals surface area contributed by atoms with Crippen LogP contribution in [0.5, 0.6) is 0 Å². The van der Waals surface area contributed by atoms with Crippen molar-refractivity contribution in [2.75, 3.05) is 32.8 Å². The van der Waals surface area contributed by atoms with Gasteiger partial charge in [-0.1, -0.05) is 46.9 Å². The Labute approximate surface area is 168 Å². The zero-order chi connectivity index (χ0) is 18.5. The minimum atomic E-state index is -0.184. The third-order valence-electron chi connectivity index (χ3n) is 4.38. The Bertz CT molecular complexity index is 762. The smallest absolute Gasteiger partial charge is 0.251 e. The van der Waals surface area contributed by atoms with Crippen LogP contribution in [0.2, 0.25) is 15.1 Å². The molecular formula is C19H19Cl3N2O2. The van der Waals surface area contributed by atoms with Gasteiger partial charge in [-0.2, -0.15) is 0 Å². The molecule has 0 aromatic heterocycles. The van der Waals surface area contributed by atoms with Crippen molar-refractivity contribution in [2.24, 2.45) is 0 Å². The van der Waals surface area contributed by atoms with E-state index in [2.05, 4.69) is 10.2 Å². The van der Waals surface area contributed by atoms with E-state index in [1.807, 2.05) is 24.3 Å². The molecule has 2 aromatic rings. The number of hydrogen-bond donors (Lipinski definition) is 1. The second-order valence-corrected chi connectivity index (χ2v) is 7.31. The van der Waals surface area contributed by atoms with Gasteiger partial charge >= 0.3 is 0 Å². The van der Waals surface area contributed by atoms with Crippen LogP contribution in [0.15, 0.2) is 42.5 Å². The van der Waals surface area contributed by atoms with Gasteiger partial charge in [-0.15, -0.1) is 0 Å². The van der Waals surface area contributed by atoms with Crippen molar-refractivity contribution in [2.45, 2.75) is 6.04 Å². The van der Waals surface area contributed by atoms with E-state index in [1.54, 1.807) is 18.2 Å². The number of nitrogens with one attached hydrogen (secondary N) is 1. The number of carbonyl (C=O) groups is 1. The molecule has 1 N–H and O–H groups in total. The summed E-state index contributed by atoms with van der Waals surface area (Å²) in [6.45, 7) is 3.47. The molecule has 2 aromatic carbocycles. The summed E-state index contributed by atoms with van der Waals surface area (Å²) in [6, 6.07) is 12.6. The van der Waals surface area contributed by atoms with Gasteiger partial charge in [-0.3, -0.25) is 9.69 Å². The first-order valence-electron chi connectivity index (χ1n) is 8.35. The summed E-state index contributed by atoms with van der Waals surface area (Å²) in [7, 11) is 0. The van der Waals surface area contributed by atoms with Crippen molar-refractivity contribution in [3.05, 3.63) is 68.7 Å². The number of carbonyl (C=O) groups excluding carboxylic acids is 1. The third-order valence-corrected chi connectivity index (χ3v) is 5.37. The molecule has 1 aliphatic rings. The Morgan fingerprint density at radius 2 is 1.73 bits per heavy atom. The molecule has 0 bridgehead atoms. The normalized spacial score (nSPS) is 16.3. The highest BCUT2D eigenvalue weighted by atomic mass is 35.5. The molecule has 3 rings (SSSR count). The van der Waals surface area contributed by atoms with Gasteiger partial charge in [-0.25, -0.2) is 0 Å². The van der Waals surface area contributed by atoms with E-state index in [0.29, 0.717) is 40.4 Å². The van der Waals surface area contributed by atoms with Crippen LogP contribution < -0.4 is 5.32 Å². The number of benzene rings is 2. The second-order valence-electron chi connectivity index (χ2n) is 6.05. The molecule has 0 spiro atoms. The van der Waals surface area contributed by atoms with E-state index in [-0.39, 0.29) is 11.9 Å². The Morgan fingerprint density at radius 1 is 1.04 bits per heavy atom. The zero-order valence-electron chi connectivity index (χ0n) is 14.1. The summed E-state index contributed by atoms with van der Waals surface area (Å²) < 4.78 is 5.45. The number of ether oxygens (including phenoxy) is 1. The van der Waals surface area contributed by atoms with Gasteiger partial charge in [0.05, 0.1) is 29.3 Å². The molecule has 0 radical (unpaired) electrons. The lowest BCUT2D eigenvalue weighted by molar-refractivity contribution is 0.0162. The zero-order valence-corrected chi connectivity index (χ0v) is 16.3. The molecule has 1 fully saturated rings.